The molecule has 0 spiro atoms. The Morgan fingerprint density at radius 1 is 1.24 bits per heavy atom. The van der Waals surface area contributed by atoms with E-state index in [2.05, 4.69) is 9.72 Å². The van der Waals surface area contributed by atoms with E-state index in [0.29, 0.717) is 5.56 Å². The lowest BCUT2D eigenvalue weighted by Gasteiger charge is -2.38. The van der Waals surface area contributed by atoms with E-state index < -0.39 is 54.0 Å². The minimum atomic E-state index is -4.69. The zero-order valence-corrected chi connectivity index (χ0v) is 17.8. The summed E-state index contributed by atoms with van der Waals surface area (Å²) in [5, 5.41) is 10.2. The molecule has 0 radical (unpaired) electrons. The Labute approximate surface area is 189 Å². The number of carbonyl (C=O) groups is 3. The van der Waals surface area contributed by atoms with Gasteiger partial charge in [0.2, 0.25) is 0 Å². The highest BCUT2D eigenvalue weighted by Gasteiger charge is 2.44. The number of rotatable bonds is 3. The number of alkyl halides is 3. The Bertz CT molecular complexity index is 1160. The van der Waals surface area contributed by atoms with Crippen LogP contribution in [0.5, 0.6) is 0 Å². The van der Waals surface area contributed by atoms with Crippen molar-refractivity contribution in [2.75, 3.05) is 19.7 Å². The summed E-state index contributed by atoms with van der Waals surface area (Å²) in [7, 11) is 0. The normalized spacial score (nSPS) is 24.0. The number of cyclic esters (lactones) is 1. The number of fused-ring (bicyclic) bond motifs is 1. The number of nitrogens with zero attached hydrogens (tertiary/aromatic N) is 4. The summed E-state index contributed by atoms with van der Waals surface area (Å²) in [4.78, 5) is 42.7. The maximum Gasteiger partial charge on any atom is 0.419 e. The maximum absolute atomic E-state index is 13.7. The van der Waals surface area contributed by atoms with Gasteiger partial charge in [0.15, 0.2) is 17.9 Å². The van der Waals surface area contributed by atoms with Crippen molar-refractivity contribution in [3.8, 4) is 0 Å². The van der Waals surface area contributed by atoms with Crippen LogP contribution in [0.2, 0.25) is 5.15 Å². The first-order chi connectivity index (χ1) is 15.6. The quantitative estimate of drug-likeness (QED) is 0.714. The van der Waals surface area contributed by atoms with E-state index in [1.165, 1.54) is 11.1 Å². The third-order valence-electron chi connectivity index (χ3n) is 6.19. The molecule has 4 heterocycles. The second-order valence-corrected chi connectivity index (χ2v) is 8.75. The van der Waals surface area contributed by atoms with Crippen molar-refractivity contribution < 1.29 is 37.4 Å². The van der Waals surface area contributed by atoms with Gasteiger partial charge in [-0.2, -0.15) is 13.2 Å². The van der Waals surface area contributed by atoms with Gasteiger partial charge in [-0.1, -0.05) is 11.6 Å². The fourth-order valence-corrected chi connectivity index (χ4v) is 4.61. The van der Waals surface area contributed by atoms with Gasteiger partial charge in [-0.3, -0.25) is 14.0 Å². The van der Waals surface area contributed by atoms with Crippen LogP contribution in [0.15, 0.2) is 12.3 Å². The lowest BCUT2D eigenvalue weighted by Crippen LogP contribution is -2.56. The SMILES string of the molecule is O=C(c1nc2c(C(F)(F)F)cc(C3CC3)cn2c1Cl)N1CC[C@H](N2C(=O)COC2=O)[C@@H](O)C1. The Morgan fingerprint density at radius 2 is 1.97 bits per heavy atom. The van der Waals surface area contributed by atoms with Gasteiger partial charge in [0.1, 0.15) is 5.15 Å². The maximum atomic E-state index is 13.7. The number of imide groups is 1. The Kier molecular flexibility index (Phi) is 5.05. The minimum Gasteiger partial charge on any atom is -0.439 e. The first kappa shape index (κ1) is 22.0. The molecule has 0 aromatic carbocycles. The number of carbonyl (C=O) groups excluding carboxylic acids is 3. The number of ether oxygens (including phenoxy) is 1. The van der Waals surface area contributed by atoms with Crippen LogP contribution in [-0.2, 0) is 15.7 Å². The average molecular weight is 487 g/mol. The third-order valence-corrected chi connectivity index (χ3v) is 6.55. The zero-order chi connectivity index (χ0) is 23.7. The molecular weight excluding hydrogens is 469 g/mol. The summed E-state index contributed by atoms with van der Waals surface area (Å²) in [6.07, 6.45) is -3.72. The standard InChI is InChI=1S/C20H18ClF3N4O5/c21-16-15(25-17-11(20(22,23)24)5-10(6-27(16)17)9-1-2-9)18(31)26-4-3-12(13(29)7-26)28-14(30)8-33-19(28)32/h5-6,9,12-13,29H,1-4,7-8H2/t12-,13-/m0/s1. The summed E-state index contributed by atoms with van der Waals surface area (Å²) in [6.45, 7) is -0.641. The summed E-state index contributed by atoms with van der Waals surface area (Å²) in [6, 6.07) is 0.178. The monoisotopic (exact) mass is 486 g/mol. The van der Waals surface area contributed by atoms with E-state index in [0.717, 1.165) is 28.2 Å². The number of β-amino-alcohol motifs (C(OH)–C–C–N with tert-alkyl or cyclic N) is 1. The first-order valence-electron chi connectivity index (χ1n) is 10.3. The van der Waals surface area contributed by atoms with E-state index in [9.17, 15) is 32.7 Å². The molecule has 1 N–H and O–H groups in total. The van der Waals surface area contributed by atoms with Crippen molar-refractivity contribution in [2.45, 2.75) is 43.5 Å². The predicted octanol–water partition coefficient (Wildman–Crippen LogP) is 2.44. The average Bonchev–Trinajstić information content (AvgIpc) is 3.49. The van der Waals surface area contributed by atoms with E-state index in [4.69, 9.17) is 11.6 Å². The van der Waals surface area contributed by atoms with Crippen molar-refractivity contribution >= 4 is 35.2 Å². The number of halogens is 4. The molecule has 1 aliphatic carbocycles. The summed E-state index contributed by atoms with van der Waals surface area (Å²) in [5.74, 6) is -1.32. The molecule has 0 bridgehead atoms. The number of aliphatic hydroxyl groups excluding tert-OH is 1. The number of hydrogen-bond donors (Lipinski definition) is 1. The molecule has 2 aliphatic heterocycles. The predicted molar refractivity (Wildman–Crippen MR) is 106 cm³/mol. The van der Waals surface area contributed by atoms with Crippen molar-refractivity contribution in [2.24, 2.45) is 0 Å². The number of aromatic nitrogens is 2. The van der Waals surface area contributed by atoms with E-state index >= 15 is 0 Å². The van der Waals surface area contributed by atoms with E-state index in [-0.39, 0.29) is 36.3 Å². The fraction of sp³-hybridized carbons (Fsp3) is 0.500. The second-order valence-electron chi connectivity index (χ2n) is 8.40. The molecule has 3 aliphatic rings. The highest BCUT2D eigenvalue weighted by molar-refractivity contribution is 6.33. The van der Waals surface area contributed by atoms with E-state index in [1.807, 2.05) is 0 Å². The zero-order valence-electron chi connectivity index (χ0n) is 17.0. The molecule has 2 saturated heterocycles. The Balaban J connectivity index is 1.44. The van der Waals surface area contributed by atoms with Gasteiger partial charge in [0, 0.05) is 19.3 Å². The molecule has 5 rings (SSSR count). The summed E-state index contributed by atoms with van der Waals surface area (Å²) < 4.78 is 46.8. The molecule has 13 heteroatoms. The Hall–Kier alpha value is -2.86. The van der Waals surface area contributed by atoms with Gasteiger partial charge in [-0.15, -0.1) is 0 Å². The van der Waals surface area contributed by atoms with Crippen molar-refractivity contribution in [3.63, 3.8) is 0 Å². The fourth-order valence-electron chi connectivity index (χ4n) is 4.36. The van der Waals surface area contributed by atoms with Crippen LogP contribution < -0.4 is 0 Å². The van der Waals surface area contributed by atoms with Crippen LogP contribution in [0.4, 0.5) is 18.0 Å². The van der Waals surface area contributed by atoms with Gasteiger partial charge < -0.3 is 14.7 Å². The number of hydrogen-bond acceptors (Lipinski definition) is 6. The number of likely N-dealkylation sites (tertiary alicyclic amines) is 1. The van der Waals surface area contributed by atoms with Crippen LogP contribution in [0.1, 0.15) is 46.8 Å². The smallest absolute Gasteiger partial charge is 0.419 e. The molecule has 33 heavy (non-hydrogen) atoms. The number of imidazole rings is 1. The highest BCUT2D eigenvalue weighted by Crippen LogP contribution is 2.43. The van der Waals surface area contributed by atoms with Crippen LogP contribution >= 0.6 is 11.6 Å². The molecule has 2 aromatic rings. The van der Waals surface area contributed by atoms with E-state index in [1.54, 1.807) is 0 Å². The Morgan fingerprint density at radius 3 is 2.55 bits per heavy atom. The largest absolute Gasteiger partial charge is 0.439 e. The van der Waals surface area contributed by atoms with Gasteiger partial charge in [0.05, 0.1) is 17.7 Å². The number of amides is 3. The molecule has 2 atom stereocenters. The topological polar surface area (TPSA) is 104 Å². The van der Waals surface area contributed by atoms with Crippen molar-refractivity contribution in [3.05, 3.63) is 34.2 Å². The van der Waals surface area contributed by atoms with Crippen LogP contribution in [0, 0.1) is 0 Å². The molecule has 3 fully saturated rings. The van der Waals surface area contributed by atoms with Crippen molar-refractivity contribution in [1.29, 1.82) is 0 Å². The van der Waals surface area contributed by atoms with Crippen LogP contribution in [-0.4, -0.2) is 74.0 Å². The second kappa shape index (κ2) is 7.59. The minimum absolute atomic E-state index is 0.0160. The number of pyridine rings is 1. The lowest BCUT2D eigenvalue weighted by atomic mass is 10.00. The number of piperidine rings is 1. The molecular formula is C20H18ClF3N4O5. The van der Waals surface area contributed by atoms with Crippen LogP contribution in [0.25, 0.3) is 5.65 Å². The third kappa shape index (κ3) is 3.70. The van der Waals surface area contributed by atoms with Gasteiger partial charge in [0.25, 0.3) is 11.8 Å². The van der Waals surface area contributed by atoms with Crippen molar-refractivity contribution in [1.82, 2.24) is 19.2 Å². The lowest BCUT2D eigenvalue weighted by molar-refractivity contribution is -0.136. The molecule has 1 saturated carbocycles. The first-order valence-corrected chi connectivity index (χ1v) is 10.7. The highest BCUT2D eigenvalue weighted by atomic mass is 35.5. The molecule has 3 amide bonds. The molecule has 9 nitrogen and oxygen atoms in total. The molecule has 2 aromatic heterocycles. The van der Waals surface area contributed by atoms with Gasteiger partial charge in [-0.05, 0) is 36.8 Å². The molecule has 0 unspecified atom stereocenters. The summed E-state index contributed by atoms with van der Waals surface area (Å²) >= 11 is 6.31. The molecule has 176 valence electrons. The number of aliphatic hydroxyl groups is 1. The summed E-state index contributed by atoms with van der Waals surface area (Å²) in [5.41, 5.74) is -1.33. The van der Waals surface area contributed by atoms with Crippen LogP contribution in [0.3, 0.4) is 0 Å². The van der Waals surface area contributed by atoms with Gasteiger partial charge >= 0.3 is 12.3 Å². The van der Waals surface area contributed by atoms with Gasteiger partial charge in [-0.25, -0.2) is 14.7 Å².